The summed E-state index contributed by atoms with van der Waals surface area (Å²) in [5, 5.41) is 3.39. The van der Waals surface area contributed by atoms with E-state index in [1.165, 1.54) is 8.66 Å². The second-order valence-corrected chi connectivity index (χ2v) is 7.05. The lowest BCUT2D eigenvalue weighted by atomic mass is 10.1. The zero-order valence-electron chi connectivity index (χ0n) is 10.3. The molecule has 1 aliphatic heterocycles. The number of hydrogen-bond acceptors (Lipinski definition) is 4. The van der Waals surface area contributed by atoms with E-state index in [4.69, 9.17) is 4.74 Å². The molecule has 0 saturated carbocycles. The van der Waals surface area contributed by atoms with E-state index in [1.807, 2.05) is 11.3 Å². The summed E-state index contributed by atoms with van der Waals surface area (Å²) in [5.41, 5.74) is 0. The fraction of sp³-hybridized carbons (Fsp3) is 0.667. The first-order valence-corrected chi connectivity index (χ1v) is 7.51. The van der Waals surface area contributed by atoms with Gasteiger partial charge in [-0.25, -0.2) is 0 Å². The number of thiophene rings is 1. The SMILES string of the molecule is CN(C)C(CC1CNCCO1)c1ccc(Br)s1. The van der Waals surface area contributed by atoms with Gasteiger partial charge in [-0.3, -0.25) is 0 Å². The van der Waals surface area contributed by atoms with Gasteiger partial charge >= 0.3 is 0 Å². The molecule has 1 saturated heterocycles. The molecule has 0 radical (unpaired) electrons. The van der Waals surface area contributed by atoms with Crippen LogP contribution in [0.15, 0.2) is 15.9 Å². The van der Waals surface area contributed by atoms with Gasteiger partial charge in [-0.2, -0.15) is 0 Å². The second kappa shape index (κ2) is 6.29. The smallest absolute Gasteiger partial charge is 0.0718 e. The largest absolute Gasteiger partial charge is 0.376 e. The van der Waals surface area contributed by atoms with Gasteiger partial charge < -0.3 is 15.0 Å². The fourth-order valence-corrected chi connectivity index (χ4v) is 3.74. The lowest BCUT2D eigenvalue weighted by Gasteiger charge is -2.30. The molecule has 5 heteroatoms. The maximum Gasteiger partial charge on any atom is 0.0718 e. The van der Waals surface area contributed by atoms with Crippen molar-refractivity contribution in [3.8, 4) is 0 Å². The molecule has 17 heavy (non-hydrogen) atoms. The lowest BCUT2D eigenvalue weighted by molar-refractivity contribution is 0.00932. The van der Waals surface area contributed by atoms with Gasteiger partial charge in [0.25, 0.3) is 0 Å². The predicted molar refractivity (Wildman–Crippen MR) is 75.7 cm³/mol. The Morgan fingerprint density at radius 3 is 2.94 bits per heavy atom. The zero-order chi connectivity index (χ0) is 12.3. The van der Waals surface area contributed by atoms with Crippen LogP contribution < -0.4 is 5.32 Å². The molecule has 2 atom stereocenters. The van der Waals surface area contributed by atoms with Gasteiger partial charge in [-0.05, 0) is 48.6 Å². The monoisotopic (exact) mass is 318 g/mol. The third-order valence-electron chi connectivity index (χ3n) is 3.04. The predicted octanol–water partition coefficient (Wildman–Crippen LogP) is 2.49. The number of hydrogen-bond donors (Lipinski definition) is 1. The summed E-state index contributed by atoms with van der Waals surface area (Å²) in [6.07, 6.45) is 1.38. The van der Waals surface area contributed by atoms with Gasteiger partial charge in [0.15, 0.2) is 0 Å². The highest BCUT2D eigenvalue weighted by atomic mass is 79.9. The minimum Gasteiger partial charge on any atom is -0.376 e. The van der Waals surface area contributed by atoms with Crippen molar-refractivity contribution in [1.29, 1.82) is 0 Å². The van der Waals surface area contributed by atoms with Crippen molar-refractivity contribution in [1.82, 2.24) is 10.2 Å². The van der Waals surface area contributed by atoms with E-state index < -0.39 is 0 Å². The van der Waals surface area contributed by atoms with Crippen LogP contribution in [-0.4, -0.2) is 44.8 Å². The van der Waals surface area contributed by atoms with E-state index in [-0.39, 0.29) is 0 Å². The van der Waals surface area contributed by atoms with E-state index >= 15 is 0 Å². The molecule has 0 aromatic carbocycles. The van der Waals surface area contributed by atoms with Crippen LogP contribution in [0.5, 0.6) is 0 Å². The maximum atomic E-state index is 5.79. The Hall–Kier alpha value is 0.0600. The first kappa shape index (κ1) is 13.5. The Kier molecular flexibility index (Phi) is 4.99. The topological polar surface area (TPSA) is 24.5 Å². The minimum absolute atomic E-state index is 0.331. The van der Waals surface area contributed by atoms with E-state index in [0.717, 1.165) is 26.1 Å². The molecule has 1 N–H and O–H groups in total. The fourth-order valence-electron chi connectivity index (χ4n) is 2.11. The number of halogens is 1. The van der Waals surface area contributed by atoms with Crippen LogP contribution in [0.3, 0.4) is 0 Å². The highest BCUT2D eigenvalue weighted by molar-refractivity contribution is 9.11. The molecule has 2 rings (SSSR count). The molecular weight excluding hydrogens is 300 g/mol. The summed E-state index contributed by atoms with van der Waals surface area (Å²) in [6.45, 7) is 2.78. The molecule has 2 heterocycles. The third kappa shape index (κ3) is 3.76. The molecule has 0 spiro atoms. The van der Waals surface area contributed by atoms with E-state index in [2.05, 4.69) is 52.4 Å². The average Bonchev–Trinajstić information content (AvgIpc) is 2.73. The van der Waals surface area contributed by atoms with Crippen molar-refractivity contribution in [2.45, 2.75) is 18.6 Å². The van der Waals surface area contributed by atoms with Crippen molar-refractivity contribution in [2.75, 3.05) is 33.8 Å². The Balaban J connectivity index is 2.01. The molecule has 96 valence electrons. The summed E-state index contributed by atoms with van der Waals surface area (Å²) < 4.78 is 6.99. The Morgan fingerprint density at radius 1 is 1.59 bits per heavy atom. The van der Waals surface area contributed by atoms with Crippen LogP contribution in [-0.2, 0) is 4.74 Å². The maximum absolute atomic E-state index is 5.79. The molecule has 1 fully saturated rings. The molecule has 1 aromatic rings. The van der Waals surface area contributed by atoms with E-state index in [0.29, 0.717) is 12.1 Å². The van der Waals surface area contributed by atoms with Gasteiger partial charge in [0.2, 0.25) is 0 Å². The lowest BCUT2D eigenvalue weighted by Crippen LogP contribution is -2.40. The van der Waals surface area contributed by atoms with Crippen molar-refractivity contribution in [3.05, 3.63) is 20.8 Å². The average molecular weight is 319 g/mol. The summed E-state index contributed by atoms with van der Waals surface area (Å²) >= 11 is 5.34. The highest BCUT2D eigenvalue weighted by Crippen LogP contribution is 2.33. The van der Waals surface area contributed by atoms with Crippen molar-refractivity contribution >= 4 is 27.3 Å². The molecule has 0 bridgehead atoms. The summed E-state index contributed by atoms with van der Waals surface area (Å²) in [7, 11) is 4.27. The highest BCUT2D eigenvalue weighted by Gasteiger charge is 2.23. The molecule has 1 aromatic heterocycles. The quantitative estimate of drug-likeness (QED) is 0.923. The van der Waals surface area contributed by atoms with Crippen LogP contribution in [0.4, 0.5) is 0 Å². The third-order valence-corrected chi connectivity index (χ3v) is 4.76. The summed E-state index contributed by atoms with van der Waals surface area (Å²) in [4.78, 5) is 3.67. The minimum atomic E-state index is 0.331. The van der Waals surface area contributed by atoms with Crippen LogP contribution >= 0.6 is 27.3 Å². The van der Waals surface area contributed by atoms with Crippen molar-refractivity contribution in [3.63, 3.8) is 0 Å². The molecule has 3 nitrogen and oxygen atoms in total. The molecule has 2 unspecified atom stereocenters. The second-order valence-electron chi connectivity index (χ2n) is 4.55. The van der Waals surface area contributed by atoms with Gasteiger partial charge in [-0.1, -0.05) is 0 Å². The first-order chi connectivity index (χ1) is 8.16. The van der Waals surface area contributed by atoms with Crippen LogP contribution in [0.25, 0.3) is 0 Å². The van der Waals surface area contributed by atoms with Gasteiger partial charge in [0.1, 0.15) is 0 Å². The number of morpholine rings is 1. The van der Waals surface area contributed by atoms with Crippen LogP contribution in [0.2, 0.25) is 0 Å². The Labute approximate surface area is 115 Å². The van der Waals surface area contributed by atoms with Crippen LogP contribution in [0, 0.1) is 0 Å². The van der Waals surface area contributed by atoms with Gasteiger partial charge in [0, 0.05) is 24.0 Å². The molecule has 0 amide bonds. The normalized spacial score (nSPS) is 22.9. The summed E-state index contributed by atoms with van der Waals surface area (Å²) in [5.74, 6) is 0. The van der Waals surface area contributed by atoms with Gasteiger partial charge in [-0.15, -0.1) is 11.3 Å². The zero-order valence-corrected chi connectivity index (χ0v) is 12.7. The van der Waals surface area contributed by atoms with Crippen molar-refractivity contribution < 1.29 is 4.74 Å². The molecular formula is C12H19BrN2OS. The standard InChI is InChI=1S/C12H19BrN2OS/c1-15(2)10(11-3-4-12(13)17-11)7-9-8-14-5-6-16-9/h3-4,9-10,14H,5-8H2,1-2H3. The van der Waals surface area contributed by atoms with Gasteiger partial charge in [0.05, 0.1) is 16.5 Å². The van der Waals surface area contributed by atoms with Crippen LogP contribution in [0.1, 0.15) is 17.3 Å². The molecule has 1 aliphatic rings. The Morgan fingerprint density at radius 2 is 2.41 bits per heavy atom. The first-order valence-electron chi connectivity index (χ1n) is 5.91. The van der Waals surface area contributed by atoms with E-state index in [1.54, 1.807) is 0 Å². The number of nitrogens with zero attached hydrogens (tertiary/aromatic N) is 1. The number of ether oxygens (including phenoxy) is 1. The van der Waals surface area contributed by atoms with Crippen molar-refractivity contribution in [2.24, 2.45) is 0 Å². The summed E-state index contributed by atoms with van der Waals surface area (Å²) in [6, 6.07) is 4.77. The Bertz CT molecular complexity index is 350. The molecule has 0 aliphatic carbocycles. The number of rotatable bonds is 4. The van der Waals surface area contributed by atoms with E-state index in [9.17, 15) is 0 Å². The number of nitrogens with one attached hydrogen (secondary N) is 1.